The molecule has 0 aliphatic carbocycles. The molecule has 2 aromatic heterocycles. The Balaban J connectivity index is 1.20. The number of nitrogens with two attached hydrogens (primary N) is 3. The largest absolute Gasteiger partial charge is 0.494 e. The molecule has 0 bridgehead atoms. The molecule has 0 saturated heterocycles. The van der Waals surface area contributed by atoms with E-state index in [9.17, 15) is 19.5 Å². The minimum Gasteiger partial charge on any atom is -0.494 e. The number of aromatic nitrogens is 6. The second kappa shape index (κ2) is 39.8. The number of nitrogens with zero attached hydrogens (tertiary/aromatic N) is 6. The summed E-state index contributed by atoms with van der Waals surface area (Å²) >= 11 is 0. The van der Waals surface area contributed by atoms with E-state index in [0.29, 0.717) is 137 Å². The van der Waals surface area contributed by atoms with Crippen molar-refractivity contribution in [2.45, 2.75) is 147 Å². The second-order valence-electron chi connectivity index (χ2n) is 17.6. The van der Waals surface area contributed by atoms with E-state index in [-0.39, 0.29) is 19.6 Å². The number of hydrogen-bond acceptors (Lipinski definition) is 18. The average Bonchev–Trinajstić information content (AvgIpc) is 4.03. The maximum Gasteiger partial charge on any atom is 0.326 e. The molecule has 23 heteroatoms. The van der Waals surface area contributed by atoms with Crippen LogP contribution in [0.4, 0.5) is 0 Å². The summed E-state index contributed by atoms with van der Waals surface area (Å²) in [4.78, 5) is 37.7. The predicted molar refractivity (Wildman–Crippen MR) is 270 cm³/mol. The van der Waals surface area contributed by atoms with Crippen LogP contribution in [0.2, 0.25) is 0 Å². The fourth-order valence-corrected chi connectivity index (χ4v) is 7.44. The summed E-state index contributed by atoms with van der Waals surface area (Å²) in [6, 6.07) is 4.99. The number of rotatable bonds is 47. The van der Waals surface area contributed by atoms with Crippen molar-refractivity contribution in [2.75, 3.05) is 85.6 Å². The molecule has 12 N–H and O–H groups in total. The van der Waals surface area contributed by atoms with Gasteiger partial charge in [-0.3, -0.25) is 9.59 Å². The number of carboxylic acid groups (broad SMARTS) is 1. The van der Waals surface area contributed by atoms with Crippen LogP contribution >= 0.6 is 0 Å². The number of amides is 2. The van der Waals surface area contributed by atoms with Gasteiger partial charge in [-0.15, -0.1) is 10.2 Å². The molecule has 408 valence electrons. The number of unbranched alkanes of at least 4 members (excludes halogenated alkanes) is 8. The summed E-state index contributed by atoms with van der Waals surface area (Å²) in [6.45, 7) is 6.66. The molecule has 23 nitrogen and oxygen atoms in total. The first-order valence-corrected chi connectivity index (χ1v) is 26.0. The number of carboxylic acids is 1. The minimum atomic E-state index is -1.13. The zero-order valence-electron chi connectivity index (χ0n) is 42.4. The van der Waals surface area contributed by atoms with Crippen molar-refractivity contribution in [1.82, 2.24) is 45.9 Å². The van der Waals surface area contributed by atoms with Gasteiger partial charge in [0.15, 0.2) is 6.29 Å². The summed E-state index contributed by atoms with van der Waals surface area (Å²) in [5, 5.41) is 52.9. The summed E-state index contributed by atoms with van der Waals surface area (Å²) < 4.78 is 33.0. The Morgan fingerprint density at radius 3 is 1.74 bits per heavy atom. The van der Waals surface area contributed by atoms with Crippen LogP contribution in [-0.4, -0.2) is 167 Å². The van der Waals surface area contributed by atoms with E-state index >= 15 is 0 Å². The lowest BCUT2D eigenvalue weighted by Crippen LogP contribution is -2.54. The molecule has 0 unspecified atom stereocenters. The van der Waals surface area contributed by atoms with E-state index in [1.807, 2.05) is 24.3 Å². The fraction of sp³-hybridized carbons (Fsp3) is 0.735. The zero-order valence-corrected chi connectivity index (χ0v) is 42.4. The van der Waals surface area contributed by atoms with Crippen LogP contribution in [0.15, 0.2) is 36.7 Å². The molecule has 3 aromatic rings. The molecule has 0 fully saturated rings. The van der Waals surface area contributed by atoms with E-state index in [2.05, 4.69) is 36.6 Å². The van der Waals surface area contributed by atoms with Gasteiger partial charge in [0.05, 0.1) is 83.4 Å². The molecule has 72 heavy (non-hydrogen) atoms. The quantitative estimate of drug-likeness (QED) is 0.0286. The number of aliphatic hydroxyl groups is 2. The van der Waals surface area contributed by atoms with E-state index in [0.717, 1.165) is 74.1 Å². The van der Waals surface area contributed by atoms with Gasteiger partial charge in [-0.25, -0.2) is 14.2 Å². The van der Waals surface area contributed by atoms with Crippen LogP contribution < -0.4 is 37.9 Å². The van der Waals surface area contributed by atoms with Gasteiger partial charge in [-0.05, 0) is 96.0 Å². The molecule has 1 aromatic carbocycles. The number of benzene rings is 1. The predicted octanol–water partition coefficient (Wildman–Crippen LogP) is 1.52. The minimum absolute atomic E-state index is 0.0124. The van der Waals surface area contributed by atoms with Crippen LogP contribution in [-0.2, 0) is 59.3 Å². The van der Waals surface area contributed by atoms with Gasteiger partial charge in [0, 0.05) is 44.0 Å². The number of nitrogens with one attached hydrogen (secondary N) is 3. The molecule has 3 atom stereocenters. The van der Waals surface area contributed by atoms with Crippen molar-refractivity contribution in [3.8, 4) is 5.75 Å². The van der Waals surface area contributed by atoms with Crippen molar-refractivity contribution in [3.63, 3.8) is 0 Å². The molecule has 0 radical (unpaired) electrons. The Hall–Kier alpha value is -4.69. The topological polar surface area (TPSA) is 334 Å². The third-order valence-electron chi connectivity index (χ3n) is 11.6. The first-order valence-electron chi connectivity index (χ1n) is 26.0. The summed E-state index contributed by atoms with van der Waals surface area (Å²) in [7, 11) is 0. The van der Waals surface area contributed by atoms with Crippen molar-refractivity contribution in [2.24, 2.45) is 17.2 Å². The van der Waals surface area contributed by atoms with Gasteiger partial charge in [0.25, 0.3) is 0 Å². The zero-order chi connectivity index (χ0) is 51.9. The van der Waals surface area contributed by atoms with Crippen LogP contribution in [0, 0.1) is 0 Å². The normalized spacial score (nSPS) is 12.8. The Bertz CT molecular complexity index is 1790. The Kier molecular flexibility index (Phi) is 34.0. The molecule has 0 spiro atoms. The SMILES string of the molecule is NCCCC[C@H](NC(=O)[C@H](CCCCNCCOCCOCCCCCCCCOc1ccc(C(OCCc2cn(CCO)nn2)OCCc2cn(CCO)nn2)cc1)NC(=O)[C@@H](N)CCCCN)C(=O)O. The number of carbonyl (C=O) groups is 3. The molecule has 2 heterocycles. The lowest BCUT2D eigenvalue weighted by molar-refractivity contribution is -0.145. The second-order valence-corrected chi connectivity index (χ2v) is 17.6. The highest BCUT2D eigenvalue weighted by Gasteiger charge is 2.27. The smallest absolute Gasteiger partial charge is 0.326 e. The lowest BCUT2D eigenvalue weighted by Gasteiger charge is -2.23. The number of hydrogen-bond donors (Lipinski definition) is 9. The van der Waals surface area contributed by atoms with E-state index < -0.39 is 42.2 Å². The monoisotopic (exact) mass is 1020 g/mol. The molecule has 0 aliphatic rings. The van der Waals surface area contributed by atoms with Crippen LogP contribution in [0.25, 0.3) is 0 Å². The molecular weight excluding hydrogens is 933 g/mol. The molecular formula is C49H86N12O11. The highest BCUT2D eigenvalue weighted by atomic mass is 16.7. The lowest BCUT2D eigenvalue weighted by atomic mass is 10.0. The van der Waals surface area contributed by atoms with Gasteiger partial charge in [-0.2, -0.15) is 0 Å². The van der Waals surface area contributed by atoms with Crippen LogP contribution in [0.3, 0.4) is 0 Å². The highest BCUT2D eigenvalue weighted by Crippen LogP contribution is 2.23. The Morgan fingerprint density at radius 2 is 1.14 bits per heavy atom. The number of ether oxygens (including phenoxy) is 5. The molecule has 0 saturated carbocycles. The molecule has 2 amide bonds. The summed E-state index contributed by atoms with van der Waals surface area (Å²) in [6.07, 6.45) is 15.5. The van der Waals surface area contributed by atoms with Crippen molar-refractivity contribution in [3.05, 3.63) is 53.6 Å². The Morgan fingerprint density at radius 1 is 0.597 bits per heavy atom. The van der Waals surface area contributed by atoms with Gasteiger partial charge < -0.3 is 72.2 Å². The first kappa shape index (κ1) is 61.6. The van der Waals surface area contributed by atoms with E-state index in [1.54, 1.807) is 21.8 Å². The molecule has 0 aliphatic heterocycles. The maximum absolute atomic E-state index is 13.2. The van der Waals surface area contributed by atoms with Crippen molar-refractivity contribution >= 4 is 17.8 Å². The van der Waals surface area contributed by atoms with Crippen molar-refractivity contribution in [1.29, 1.82) is 0 Å². The maximum atomic E-state index is 13.2. The Labute approximate surface area is 424 Å². The average molecular weight is 1020 g/mol. The standard InChI is InChI=1S/C49H86N12O11/c50-22-8-5-13-43(52)46(64)54-44(47(65)55-45(48(66)67)15-6-9-23-51)14-7-10-24-53-25-34-69-36-35-68-30-11-3-1-2-4-12-31-70-42-18-16-39(17-19-42)49(71-32-20-40-37-60(26-28-62)58-56-40)72-33-21-41-38-61(27-29-63)59-57-41/h16-19,37-38,43-45,49,53,62-63H,1-15,20-36,50-52H2,(H,54,64)(H,55,65)(H,66,67)/t43-,44-,45-/m0/s1. The van der Waals surface area contributed by atoms with Gasteiger partial charge in [-0.1, -0.05) is 54.7 Å². The molecule has 3 rings (SSSR count). The van der Waals surface area contributed by atoms with Crippen LogP contribution in [0.5, 0.6) is 5.75 Å². The third-order valence-corrected chi connectivity index (χ3v) is 11.6. The van der Waals surface area contributed by atoms with Gasteiger partial charge in [0.1, 0.15) is 17.8 Å². The highest BCUT2D eigenvalue weighted by molar-refractivity contribution is 5.91. The number of carbonyl (C=O) groups excluding carboxylic acids is 2. The fourth-order valence-electron chi connectivity index (χ4n) is 7.44. The summed E-state index contributed by atoms with van der Waals surface area (Å²) in [5.74, 6) is -1.33. The number of aliphatic hydroxyl groups excluding tert-OH is 2. The van der Waals surface area contributed by atoms with Crippen LogP contribution in [0.1, 0.15) is 120 Å². The third kappa shape index (κ3) is 27.9. The first-order chi connectivity index (χ1) is 35.2. The van der Waals surface area contributed by atoms with E-state index in [1.165, 1.54) is 0 Å². The van der Waals surface area contributed by atoms with Gasteiger partial charge >= 0.3 is 5.97 Å². The van der Waals surface area contributed by atoms with Gasteiger partial charge in [0.2, 0.25) is 11.8 Å². The van der Waals surface area contributed by atoms with Crippen molar-refractivity contribution < 1.29 is 53.4 Å². The number of aliphatic carboxylic acids is 1. The van der Waals surface area contributed by atoms with E-state index in [4.69, 9.17) is 51.1 Å². The summed E-state index contributed by atoms with van der Waals surface area (Å²) in [5.41, 5.74) is 19.5.